The molecule has 4 aromatic heterocycles. The number of nitrogens with one attached hydrogen (secondary N) is 1. The van der Waals surface area contributed by atoms with Crippen LogP contribution in [0.5, 0.6) is 0 Å². The summed E-state index contributed by atoms with van der Waals surface area (Å²) >= 11 is 0. The predicted octanol–water partition coefficient (Wildman–Crippen LogP) is 2.27. The third-order valence-corrected chi connectivity index (χ3v) is 7.08. The van der Waals surface area contributed by atoms with E-state index in [1.807, 2.05) is 0 Å². The molecule has 1 N–H and O–H groups in total. The van der Waals surface area contributed by atoms with Crippen molar-refractivity contribution in [1.82, 2.24) is 28.8 Å². The molecule has 12 nitrogen and oxygen atoms in total. The van der Waals surface area contributed by atoms with Crippen LogP contribution in [-0.2, 0) is 18.4 Å². The van der Waals surface area contributed by atoms with Gasteiger partial charge in [-0.15, -0.1) is 0 Å². The normalized spacial score (nSPS) is 15.5. The van der Waals surface area contributed by atoms with Crippen molar-refractivity contribution in [2.75, 3.05) is 29.9 Å². The van der Waals surface area contributed by atoms with E-state index in [4.69, 9.17) is 4.52 Å². The minimum absolute atomic E-state index is 0.0000525. The van der Waals surface area contributed by atoms with Gasteiger partial charge >= 0.3 is 11.9 Å². The molecule has 1 aliphatic heterocycles. The minimum atomic E-state index is -4.20. The molecule has 0 spiro atoms. The summed E-state index contributed by atoms with van der Waals surface area (Å²) in [6.45, 7) is 2.07. The number of fused-ring (bicyclic) bond motifs is 1. The molecular weight excluding hydrogens is 533 g/mol. The van der Waals surface area contributed by atoms with Crippen LogP contribution in [0.15, 0.2) is 44.7 Å². The molecule has 212 valence electrons. The summed E-state index contributed by atoms with van der Waals surface area (Å²) in [5.41, 5.74) is -0.647. The fraction of sp³-hybridized carbons (Fsp3) is 0.440. The number of imidazole rings is 1. The summed E-state index contributed by atoms with van der Waals surface area (Å²) in [5, 5.41) is 6.92. The molecule has 0 aliphatic carbocycles. The maximum atomic E-state index is 13.4. The quantitative estimate of drug-likeness (QED) is 0.322. The first-order valence-electron chi connectivity index (χ1n) is 12.6. The van der Waals surface area contributed by atoms with Crippen molar-refractivity contribution in [1.29, 1.82) is 0 Å². The maximum absolute atomic E-state index is 13.4. The van der Waals surface area contributed by atoms with Crippen LogP contribution >= 0.6 is 0 Å². The molecule has 0 amide bonds. The molecule has 1 fully saturated rings. The van der Waals surface area contributed by atoms with Gasteiger partial charge in [-0.3, -0.25) is 13.9 Å². The molecule has 0 radical (unpaired) electrons. The molecule has 4 aromatic rings. The molecule has 15 heteroatoms. The van der Waals surface area contributed by atoms with Crippen molar-refractivity contribution in [2.24, 2.45) is 13.0 Å². The summed E-state index contributed by atoms with van der Waals surface area (Å²) in [7, 11) is 1.48. The Morgan fingerprint density at radius 2 is 1.98 bits per heavy atom. The van der Waals surface area contributed by atoms with Gasteiger partial charge in [0.05, 0.1) is 18.8 Å². The summed E-state index contributed by atoms with van der Waals surface area (Å²) in [5.74, 6) is 0.161. The van der Waals surface area contributed by atoms with Crippen molar-refractivity contribution >= 4 is 29.1 Å². The van der Waals surface area contributed by atoms with E-state index in [0.29, 0.717) is 29.4 Å². The van der Waals surface area contributed by atoms with E-state index in [1.54, 1.807) is 36.1 Å². The van der Waals surface area contributed by atoms with E-state index in [-0.39, 0.29) is 50.2 Å². The van der Waals surface area contributed by atoms with Crippen LogP contribution in [0, 0.1) is 12.8 Å². The highest BCUT2D eigenvalue weighted by atomic mass is 19.4. The van der Waals surface area contributed by atoms with Gasteiger partial charge in [0.15, 0.2) is 11.2 Å². The van der Waals surface area contributed by atoms with Gasteiger partial charge in [0.1, 0.15) is 35.4 Å². The topological polar surface area (TPSA) is 133 Å². The zero-order valence-electron chi connectivity index (χ0n) is 21.8. The fourth-order valence-corrected chi connectivity index (χ4v) is 4.89. The van der Waals surface area contributed by atoms with Gasteiger partial charge in [-0.1, -0.05) is 11.2 Å². The first-order chi connectivity index (χ1) is 19.1. The molecular formula is C25H27F3N8O4. The molecule has 5 heterocycles. The highest BCUT2D eigenvalue weighted by Gasteiger charge is 2.41. The van der Waals surface area contributed by atoms with E-state index in [0.717, 1.165) is 4.57 Å². The van der Waals surface area contributed by atoms with Crippen LogP contribution in [0.1, 0.15) is 30.3 Å². The first-order valence-corrected chi connectivity index (χ1v) is 12.6. The summed E-state index contributed by atoms with van der Waals surface area (Å²) in [4.78, 5) is 48.9. The van der Waals surface area contributed by atoms with Crippen LogP contribution in [-0.4, -0.2) is 60.9 Å². The van der Waals surface area contributed by atoms with Crippen LogP contribution < -0.4 is 21.5 Å². The number of pyridine rings is 1. The van der Waals surface area contributed by atoms with Gasteiger partial charge in [0.2, 0.25) is 0 Å². The van der Waals surface area contributed by atoms with Gasteiger partial charge in [-0.2, -0.15) is 13.2 Å². The Labute approximate surface area is 225 Å². The van der Waals surface area contributed by atoms with E-state index in [1.165, 1.54) is 22.5 Å². The number of rotatable bonds is 8. The number of aryl methyl sites for hydroxylation is 2. The number of hydrogen-bond acceptors (Lipinski definition) is 9. The van der Waals surface area contributed by atoms with Crippen molar-refractivity contribution in [3.63, 3.8) is 0 Å². The number of anilines is 2. The number of piperidine rings is 1. The number of alkyl halides is 3. The minimum Gasteiger partial charge on any atom is -0.367 e. The Morgan fingerprint density at radius 1 is 1.23 bits per heavy atom. The lowest BCUT2D eigenvalue weighted by Crippen LogP contribution is -2.40. The molecule has 1 saturated heterocycles. The smallest absolute Gasteiger partial charge is 0.367 e. The SMILES string of the molecule is Cc1cc(Cn2c(=O)c3c(ncn3C(C=O)CNc3cccc(N4CCC(C(F)(F)F)CC4)n3)n(C)c2=O)no1. The maximum Gasteiger partial charge on any atom is 0.391 e. The lowest BCUT2D eigenvalue weighted by atomic mass is 9.96. The van der Waals surface area contributed by atoms with Crippen molar-refractivity contribution < 1.29 is 22.5 Å². The Balaban J connectivity index is 1.36. The number of aldehydes is 1. The van der Waals surface area contributed by atoms with Gasteiger partial charge in [0.25, 0.3) is 5.56 Å². The first kappa shape index (κ1) is 27.1. The van der Waals surface area contributed by atoms with Gasteiger partial charge < -0.3 is 24.1 Å². The largest absolute Gasteiger partial charge is 0.391 e. The Bertz CT molecular complexity index is 1650. The van der Waals surface area contributed by atoms with Gasteiger partial charge in [0, 0.05) is 32.7 Å². The number of nitrogens with zero attached hydrogens (tertiary/aromatic N) is 7. The van der Waals surface area contributed by atoms with Crippen molar-refractivity contribution in [3.05, 3.63) is 62.9 Å². The fourth-order valence-electron chi connectivity index (χ4n) is 4.89. The number of aromatic nitrogens is 6. The standard InChI is InChI=1S/C25H27F3N8O4/c1-15-10-17(32-40-15)12-35-23(38)21-22(33(2)24(35)39)30-14-36(21)18(13-37)11-29-19-4-3-5-20(31-19)34-8-6-16(7-9-34)25(26,27)28/h3-5,10,13-14,16,18H,6-9,11-12H2,1-2H3,(H,29,31). The lowest BCUT2D eigenvalue weighted by Gasteiger charge is -2.33. The molecule has 40 heavy (non-hydrogen) atoms. The summed E-state index contributed by atoms with van der Waals surface area (Å²) in [6.07, 6.45) is -2.23. The van der Waals surface area contributed by atoms with Crippen LogP contribution in [0.2, 0.25) is 0 Å². The average molecular weight is 561 g/mol. The Morgan fingerprint density at radius 3 is 2.62 bits per heavy atom. The number of halogens is 3. The third-order valence-electron chi connectivity index (χ3n) is 7.08. The number of hydrogen-bond donors (Lipinski definition) is 1. The number of carbonyl (C=O) groups is 1. The third kappa shape index (κ3) is 5.22. The van der Waals surface area contributed by atoms with Crippen LogP contribution in [0.25, 0.3) is 11.2 Å². The molecule has 0 bridgehead atoms. The van der Waals surface area contributed by atoms with Gasteiger partial charge in [-0.25, -0.2) is 14.8 Å². The number of carbonyl (C=O) groups excluding carboxylic acids is 1. The van der Waals surface area contributed by atoms with Crippen molar-refractivity contribution in [2.45, 2.75) is 38.5 Å². The predicted molar refractivity (Wildman–Crippen MR) is 138 cm³/mol. The second-order valence-corrected chi connectivity index (χ2v) is 9.75. The second kappa shape index (κ2) is 10.6. The highest BCUT2D eigenvalue weighted by molar-refractivity contribution is 5.73. The zero-order chi connectivity index (χ0) is 28.6. The van der Waals surface area contributed by atoms with E-state index in [2.05, 4.69) is 20.4 Å². The Hall–Kier alpha value is -4.43. The monoisotopic (exact) mass is 560 g/mol. The Kier molecular flexibility index (Phi) is 7.21. The highest BCUT2D eigenvalue weighted by Crippen LogP contribution is 2.35. The zero-order valence-corrected chi connectivity index (χ0v) is 21.8. The van der Waals surface area contributed by atoms with Crippen LogP contribution in [0.4, 0.5) is 24.8 Å². The summed E-state index contributed by atoms with van der Waals surface area (Å²) < 4.78 is 47.7. The molecule has 0 aromatic carbocycles. The summed E-state index contributed by atoms with van der Waals surface area (Å²) in [6, 6.07) is 5.86. The van der Waals surface area contributed by atoms with Crippen molar-refractivity contribution in [3.8, 4) is 0 Å². The second-order valence-electron chi connectivity index (χ2n) is 9.75. The van der Waals surface area contributed by atoms with E-state index < -0.39 is 29.4 Å². The van der Waals surface area contributed by atoms with E-state index in [9.17, 15) is 27.6 Å². The molecule has 1 unspecified atom stereocenters. The molecule has 1 aliphatic rings. The van der Waals surface area contributed by atoms with Crippen LogP contribution in [0.3, 0.4) is 0 Å². The molecule has 1 atom stereocenters. The van der Waals surface area contributed by atoms with E-state index >= 15 is 0 Å². The van der Waals surface area contributed by atoms with Gasteiger partial charge in [-0.05, 0) is 31.9 Å². The average Bonchev–Trinajstić information content (AvgIpc) is 3.56. The lowest BCUT2D eigenvalue weighted by molar-refractivity contribution is -0.179. The molecule has 5 rings (SSSR count). The molecule has 0 saturated carbocycles.